The summed E-state index contributed by atoms with van der Waals surface area (Å²) in [5, 5.41) is 2.84. The highest BCUT2D eigenvalue weighted by atomic mass is 16.2. The standard InChI is InChI=1S/C15H24N2O2/c18-14-8-7-12(10-16-14)15(19)17-9-3-5-11-4-1-2-6-13(11)17/h11-13H,1-10H2,(H,16,18). The predicted octanol–water partition coefficient (Wildman–Crippen LogP) is 1.69. The van der Waals surface area contributed by atoms with E-state index < -0.39 is 0 Å². The van der Waals surface area contributed by atoms with E-state index in [0.717, 1.165) is 25.3 Å². The highest BCUT2D eigenvalue weighted by molar-refractivity contribution is 5.84. The molecule has 2 amide bonds. The summed E-state index contributed by atoms with van der Waals surface area (Å²) in [7, 11) is 0. The summed E-state index contributed by atoms with van der Waals surface area (Å²) in [6, 6.07) is 0.493. The minimum atomic E-state index is 0.0263. The largest absolute Gasteiger partial charge is 0.355 e. The van der Waals surface area contributed by atoms with Crippen LogP contribution in [0.1, 0.15) is 51.4 Å². The van der Waals surface area contributed by atoms with Crippen LogP contribution in [0.15, 0.2) is 0 Å². The van der Waals surface area contributed by atoms with Gasteiger partial charge in [0, 0.05) is 25.6 Å². The van der Waals surface area contributed by atoms with E-state index in [2.05, 4.69) is 10.2 Å². The highest BCUT2D eigenvalue weighted by Crippen LogP contribution is 2.36. The fourth-order valence-electron chi connectivity index (χ4n) is 4.08. The smallest absolute Gasteiger partial charge is 0.227 e. The van der Waals surface area contributed by atoms with Crippen LogP contribution in [-0.2, 0) is 9.59 Å². The minimum Gasteiger partial charge on any atom is -0.355 e. The molecule has 0 bridgehead atoms. The van der Waals surface area contributed by atoms with Gasteiger partial charge in [-0.25, -0.2) is 0 Å². The molecule has 1 N–H and O–H groups in total. The van der Waals surface area contributed by atoms with E-state index in [1.165, 1.54) is 32.1 Å². The second-order valence-corrected chi connectivity index (χ2v) is 6.33. The van der Waals surface area contributed by atoms with Crippen molar-refractivity contribution in [3.63, 3.8) is 0 Å². The summed E-state index contributed by atoms with van der Waals surface area (Å²) >= 11 is 0. The maximum atomic E-state index is 12.7. The normalized spacial score (nSPS) is 35.5. The highest BCUT2D eigenvalue weighted by Gasteiger charge is 2.38. The van der Waals surface area contributed by atoms with Crippen molar-refractivity contribution in [1.82, 2.24) is 10.2 Å². The topological polar surface area (TPSA) is 49.4 Å². The van der Waals surface area contributed by atoms with Gasteiger partial charge in [-0.1, -0.05) is 12.8 Å². The molecule has 3 unspecified atom stereocenters. The fourth-order valence-corrected chi connectivity index (χ4v) is 4.08. The average Bonchev–Trinajstić information content (AvgIpc) is 2.47. The molecular formula is C15H24N2O2. The Kier molecular flexibility index (Phi) is 3.76. The maximum Gasteiger partial charge on any atom is 0.227 e. The Hall–Kier alpha value is -1.06. The first kappa shape index (κ1) is 12.9. The van der Waals surface area contributed by atoms with E-state index in [-0.39, 0.29) is 11.8 Å². The van der Waals surface area contributed by atoms with Crippen LogP contribution >= 0.6 is 0 Å². The molecule has 0 aromatic heterocycles. The van der Waals surface area contributed by atoms with Gasteiger partial charge in [-0.2, -0.15) is 0 Å². The Labute approximate surface area is 114 Å². The van der Waals surface area contributed by atoms with Crippen molar-refractivity contribution >= 4 is 11.8 Å². The third kappa shape index (κ3) is 2.63. The van der Waals surface area contributed by atoms with Crippen molar-refractivity contribution in [2.24, 2.45) is 11.8 Å². The average molecular weight is 264 g/mol. The first-order valence-electron chi connectivity index (χ1n) is 7.83. The zero-order chi connectivity index (χ0) is 13.2. The molecule has 4 nitrogen and oxygen atoms in total. The molecular weight excluding hydrogens is 240 g/mol. The van der Waals surface area contributed by atoms with E-state index >= 15 is 0 Å². The van der Waals surface area contributed by atoms with E-state index in [0.29, 0.717) is 24.9 Å². The van der Waals surface area contributed by atoms with Gasteiger partial charge in [-0.05, 0) is 38.0 Å². The third-order valence-electron chi connectivity index (χ3n) is 5.14. The van der Waals surface area contributed by atoms with Crippen molar-refractivity contribution in [2.45, 2.75) is 57.4 Å². The Morgan fingerprint density at radius 3 is 2.68 bits per heavy atom. The molecule has 3 fully saturated rings. The van der Waals surface area contributed by atoms with Crippen LogP contribution in [0.5, 0.6) is 0 Å². The van der Waals surface area contributed by atoms with Gasteiger partial charge in [0.25, 0.3) is 0 Å². The lowest BCUT2D eigenvalue weighted by Crippen LogP contribution is -2.53. The fraction of sp³-hybridized carbons (Fsp3) is 0.867. The molecule has 1 saturated carbocycles. The SMILES string of the molecule is O=C1CCC(C(=O)N2CCCC3CCCCC32)CN1. The molecule has 106 valence electrons. The van der Waals surface area contributed by atoms with E-state index in [4.69, 9.17) is 0 Å². The van der Waals surface area contributed by atoms with Gasteiger partial charge in [0.1, 0.15) is 0 Å². The number of rotatable bonds is 1. The second kappa shape index (κ2) is 5.51. The van der Waals surface area contributed by atoms with Gasteiger partial charge < -0.3 is 10.2 Å². The van der Waals surface area contributed by atoms with Crippen LogP contribution < -0.4 is 5.32 Å². The molecule has 3 rings (SSSR count). The van der Waals surface area contributed by atoms with Crippen molar-refractivity contribution in [1.29, 1.82) is 0 Å². The number of hydrogen-bond donors (Lipinski definition) is 1. The number of hydrogen-bond acceptors (Lipinski definition) is 2. The summed E-state index contributed by atoms with van der Waals surface area (Å²) in [4.78, 5) is 26.1. The predicted molar refractivity (Wildman–Crippen MR) is 72.4 cm³/mol. The molecule has 0 spiro atoms. The van der Waals surface area contributed by atoms with E-state index in [9.17, 15) is 9.59 Å². The lowest BCUT2D eigenvalue weighted by Gasteiger charge is -2.45. The van der Waals surface area contributed by atoms with Crippen LogP contribution in [0.25, 0.3) is 0 Å². The number of carbonyl (C=O) groups is 2. The molecule has 19 heavy (non-hydrogen) atoms. The number of carbonyl (C=O) groups excluding carboxylic acids is 2. The molecule has 0 aromatic rings. The third-order valence-corrected chi connectivity index (χ3v) is 5.14. The Morgan fingerprint density at radius 1 is 1.11 bits per heavy atom. The van der Waals surface area contributed by atoms with Crippen LogP contribution in [0.2, 0.25) is 0 Å². The zero-order valence-electron chi connectivity index (χ0n) is 11.6. The van der Waals surface area contributed by atoms with Crippen LogP contribution in [0.3, 0.4) is 0 Å². The second-order valence-electron chi connectivity index (χ2n) is 6.33. The monoisotopic (exact) mass is 264 g/mol. The molecule has 2 saturated heterocycles. The number of amides is 2. The van der Waals surface area contributed by atoms with Gasteiger partial charge in [0.15, 0.2) is 0 Å². The lowest BCUT2D eigenvalue weighted by molar-refractivity contribution is -0.143. The molecule has 2 aliphatic heterocycles. The van der Waals surface area contributed by atoms with Crippen molar-refractivity contribution in [3.8, 4) is 0 Å². The summed E-state index contributed by atoms with van der Waals surface area (Å²) in [5.41, 5.74) is 0. The number of nitrogens with one attached hydrogen (secondary N) is 1. The summed E-state index contributed by atoms with van der Waals surface area (Å²) < 4.78 is 0. The number of likely N-dealkylation sites (tertiary alicyclic amines) is 1. The summed E-state index contributed by atoms with van der Waals surface area (Å²) in [6.45, 7) is 1.48. The lowest BCUT2D eigenvalue weighted by atomic mass is 9.77. The van der Waals surface area contributed by atoms with Crippen molar-refractivity contribution < 1.29 is 9.59 Å². The van der Waals surface area contributed by atoms with E-state index in [1.807, 2.05) is 0 Å². The van der Waals surface area contributed by atoms with Gasteiger partial charge in [-0.15, -0.1) is 0 Å². The van der Waals surface area contributed by atoms with Gasteiger partial charge in [-0.3, -0.25) is 9.59 Å². The molecule has 4 heteroatoms. The van der Waals surface area contributed by atoms with Gasteiger partial charge >= 0.3 is 0 Å². The minimum absolute atomic E-state index is 0.0263. The van der Waals surface area contributed by atoms with E-state index in [1.54, 1.807) is 0 Å². The molecule has 0 radical (unpaired) electrons. The number of nitrogens with zero attached hydrogens (tertiary/aromatic N) is 1. The maximum absolute atomic E-state index is 12.7. The first-order valence-corrected chi connectivity index (χ1v) is 7.83. The van der Waals surface area contributed by atoms with Gasteiger partial charge in [0.05, 0.1) is 5.92 Å². The Balaban J connectivity index is 1.66. The molecule has 1 aliphatic carbocycles. The zero-order valence-corrected chi connectivity index (χ0v) is 11.6. The molecule has 3 atom stereocenters. The van der Waals surface area contributed by atoms with Gasteiger partial charge in [0.2, 0.25) is 11.8 Å². The molecule has 0 aromatic carbocycles. The molecule has 2 heterocycles. The summed E-state index contributed by atoms with van der Waals surface area (Å²) in [5.74, 6) is 1.16. The van der Waals surface area contributed by atoms with Crippen LogP contribution in [0, 0.1) is 11.8 Å². The summed E-state index contributed by atoms with van der Waals surface area (Å²) in [6.07, 6.45) is 8.80. The molecule has 3 aliphatic rings. The van der Waals surface area contributed by atoms with Crippen molar-refractivity contribution in [3.05, 3.63) is 0 Å². The Bertz CT molecular complexity index is 357. The Morgan fingerprint density at radius 2 is 1.89 bits per heavy atom. The van der Waals surface area contributed by atoms with Crippen molar-refractivity contribution in [2.75, 3.05) is 13.1 Å². The number of fused-ring (bicyclic) bond motifs is 1. The quantitative estimate of drug-likeness (QED) is 0.783. The van der Waals surface area contributed by atoms with Crippen LogP contribution in [0.4, 0.5) is 0 Å². The van der Waals surface area contributed by atoms with Crippen LogP contribution in [-0.4, -0.2) is 35.8 Å². The number of piperidine rings is 2. The first-order chi connectivity index (χ1) is 9.25.